The lowest BCUT2D eigenvalue weighted by Gasteiger charge is -2.36. The first-order valence-electron chi connectivity index (χ1n) is 10.6. The Hall–Kier alpha value is -3.00. The number of carbonyl (C=O) groups excluding carboxylic acids is 2. The zero-order valence-electron chi connectivity index (χ0n) is 17.2. The number of benzene rings is 1. The summed E-state index contributed by atoms with van der Waals surface area (Å²) in [5.74, 6) is 0.538. The Bertz CT molecular complexity index is 973. The van der Waals surface area contributed by atoms with Crippen LogP contribution in [-0.2, 0) is 23.2 Å². The second-order valence-corrected chi connectivity index (χ2v) is 8.42. The molecule has 8 heteroatoms. The SMILES string of the molecule is C[C@@]1(c2ccc3c(c2)CCC3)NC(=O)N(CN2CCN(c3ncccn3)CC2)C1=O. The van der Waals surface area contributed by atoms with Crippen LogP contribution in [0.15, 0.2) is 36.7 Å². The Balaban J connectivity index is 1.26. The number of fused-ring (bicyclic) bond motifs is 1. The van der Waals surface area contributed by atoms with E-state index in [9.17, 15) is 9.59 Å². The molecule has 2 aliphatic heterocycles. The molecule has 8 nitrogen and oxygen atoms in total. The van der Waals surface area contributed by atoms with Gasteiger partial charge in [-0.15, -0.1) is 0 Å². The van der Waals surface area contributed by atoms with Crippen molar-refractivity contribution >= 4 is 17.9 Å². The number of amides is 3. The van der Waals surface area contributed by atoms with E-state index >= 15 is 0 Å². The van der Waals surface area contributed by atoms with Crippen LogP contribution in [0.25, 0.3) is 0 Å². The van der Waals surface area contributed by atoms with Gasteiger partial charge in [0.1, 0.15) is 5.54 Å². The Morgan fingerprint density at radius 2 is 1.77 bits per heavy atom. The summed E-state index contributed by atoms with van der Waals surface area (Å²) < 4.78 is 0. The summed E-state index contributed by atoms with van der Waals surface area (Å²) in [6, 6.07) is 7.68. The van der Waals surface area contributed by atoms with Gasteiger partial charge in [-0.1, -0.05) is 18.2 Å². The zero-order valence-corrected chi connectivity index (χ0v) is 17.2. The number of nitrogens with one attached hydrogen (secondary N) is 1. The van der Waals surface area contributed by atoms with E-state index in [1.807, 2.05) is 13.0 Å². The van der Waals surface area contributed by atoms with E-state index in [0.717, 1.165) is 57.0 Å². The summed E-state index contributed by atoms with van der Waals surface area (Å²) in [5.41, 5.74) is 2.52. The van der Waals surface area contributed by atoms with E-state index in [1.165, 1.54) is 16.0 Å². The highest BCUT2D eigenvalue weighted by Crippen LogP contribution is 2.32. The van der Waals surface area contributed by atoms with E-state index in [2.05, 4.69) is 37.2 Å². The molecule has 2 saturated heterocycles. The number of aromatic nitrogens is 2. The van der Waals surface area contributed by atoms with Gasteiger partial charge in [0.2, 0.25) is 5.95 Å². The number of nitrogens with zero attached hydrogens (tertiary/aromatic N) is 5. The molecule has 30 heavy (non-hydrogen) atoms. The van der Waals surface area contributed by atoms with Gasteiger partial charge in [0.25, 0.3) is 5.91 Å². The van der Waals surface area contributed by atoms with E-state index in [1.54, 1.807) is 18.5 Å². The molecule has 1 N–H and O–H groups in total. The lowest BCUT2D eigenvalue weighted by Crippen LogP contribution is -2.52. The summed E-state index contributed by atoms with van der Waals surface area (Å²) in [6.45, 7) is 5.12. The largest absolute Gasteiger partial charge is 0.338 e. The third-order valence-electron chi connectivity index (χ3n) is 6.50. The average Bonchev–Trinajstić information content (AvgIpc) is 3.33. The Labute approximate surface area is 175 Å². The molecule has 3 amide bonds. The highest BCUT2D eigenvalue weighted by Gasteiger charge is 2.49. The number of piperazine rings is 1. The number of urea groups is 1. The van der Waals surface area contributed by atoms with Crippen LogP contribution in [0.1, 0.15) is 30.0 Å². The van der Waals surface area contributed by atoms with E-state index in [4.69, 9.17) is 0 Å². The highest BCUT2D eigenvalue weighted by atomic mass is 16.2. The molecule has 2 aromatic rings. The minimum absolute atomic E-state index is 0.181. The molecule has 1 aromatic heterocycles. The van der Waals surface area contributed by atoms with Gasteiger partial charge in [-0.2, -0.15) is 0 Å². The lowest BCUT2D eigenvalue weighted by molar-refractivity contribution is -0.132. The van der Waals surface area contributed by atoms with Crippen LogP contribution < -0.4 is 10.2 Å². The minimum Gasteiger partial charge on any atom is -0.338 e. The summed E-state index contributed by atoms with van der Waals surface area (Å²) in [5, 5.41) is 2.94. The molecule has 3 heterocycles. The maximum atomic E-state index is 13.3. The summed E-state index contributed by atoms with van der Waals surface area (Å²) >= 11 is 0. The quantitative estimate of drug-likeness (QED) is 0.776. The second kappa shape index (κ2) is 7.36. The van der Waals surface area contributed by atoms with Crippen molar-refractivity contribution in [1.29, 1.82) is 0 Å². The lowest BCUT2D eigenvalue weighted by atomic mass is 9.90. The number of imide groups is 1. The number of anilines is 1. The van der Waals surface area contributed by atoms with E-state index in [0.29, 0.717) is 6.67 Å². The Morgan fingerprint density at radius 1 is 1.03 bits per heavy atom. The molecule has 0 bridgehead atoms. The van der Waals surface area contributed by atoms with Crippen molar-refractivity contribution in [3.05, 3.63) is 53.3 Å². The third-order valence-corrected chi connectivity index (χ3v) is 6.50. The number of carbonyl (C=O) groups is 2. The molecule has 1 atom stereocenters. The molecule has 0 unspecified atom stereocenters. The van der Waals surface area contributed by atoms with Gasteiger partial charge in [-0.25, -0.2) is 19.7 Å². The molecule has 3 aliphatic rings. The van der Waals surface area contributed by atoms with Crippen molar-refractivity contribution in [2.45, 2.75) is 31.7 Å². The first-order valence-corrected chi connectivity index (χ1v) is 10.6. The zero-order chi connectivity index (χ0) is 20.7. The normalized spacial score (nSPS) is 24.3. The van der Waals surface area contributed by atoms with E-state index < -0.39 is 5.54 Å². The number of hydrogen-bond acceptors (Lipinski definition) is 6. The number of aryl methyl sites for hydroxylation is 2. The van der Waals surface area contributed by atoms with Gasteiger partial charge in [0.05, 0.1) is 6.67 Å². The van der Waals surface area contributed by atoms with Crippen LogP contribution in [0, 0.1) is 0 Å². The number of hydrogen-bond donors (Lipinski definition) is 1. The third kappa shape index (κ3) is 3.21. The molecule has 1 aromatic carbocycles. The number of rotatable bonds is 4. The predicted octanol–water partition coefficient (Wildman–Crippen LogP) is 1.51. The molecule has 2 fully saturated rings. The monoisotopic (exact) mass is 406 g/mol. The molecule has 1 aliphatic carbocycles. The van der Waals surface area contributed by atoms with Crippen molar-refractivity contribution in [2.24, 2.45) is 0 Å². The van der Waals surface area contributed by atoms with Crippen molar-refractivity contribution < 1.29 is 9.59 Å². The molecular formula is C22H26N6O2. The predicted molar refractivity (Wildman–Crippen MR) is 112 cm³/mol. The second-order valence-electron chi connectivity index (χ2n) is 8.42. The fourth-order valence-corrected chi connectivity index (χ4v) is 4.65. The molecule has 0 spiro atoms. The minimum atomic E-state index is -1.01. The Morgan fingerprint density at radius 3 is 2.53 bits per heavy atom. The summed E-state index contributed by atoms with van der Waals surface area (Å²) in [7, 11) is 0. The van der Waals surface area contributed by atoms with Gasteiger partial charge in [-0.3, -0.25) is 9.69 Å². The molecule has 0 radical (unpaired) electrons. The van der Waals surface area contributed by atoms with Gasteiger partial charge < -0.3 is 10.2 Å². The molecular weight excluding hydrogens is 380 g/mol. The highest BCUT2D eigenvalue weighted by molar-refractivity contribution is 6.07. The molecule has 0 saturated carbocycles. The van der Waals surface area contributed by atoms with Crippen molar-refractivity contribution in [2.75, 3.05) is 37.7 Å². The maximum Gasteiger partial charge on any atom is 0.326 e. The van der Waals surface area contributed by atoms with Crippen LogP contribution in [0.2, 0.25) is 0 Å². The van der Waals surface area contributed by atoms with Crippen molar-refractivity contribution in [1.82, 2.24) is 25.1 Å². The summed E-state index contributed by atoms with van der Waals surface area (Å²) in [6.07, 6.45) is 6.77. The van der Waals surface area contributed by atoms with Crippen molar-refractivity contribution in [3.63, 3.8) is 0 Å². The van der Waals surface area contributed by atoms with E-state index in [-0.39, 0.29) is 11.9 Å². The van der Waals surface area contributed by atoms with Crippen LogP contribution in [0.4, 0.5) is 10.7 Å². The average molecular weight is 406 g/mol. The topological polar surface area (TPSA) is 81.7 Å². The van der Waals surface area contributed by atoms with Crippen LogP contribution in [-0.4, -0.2) is 64.6 Å². The van der Waals surface area contributed by atoms with Crippen molar-refractivity contribution in [3.8, 4) is 0 Å². The smallest absolute Gasteiger partial charge is 0.326 e. The first-order chi connectivity index (χ1) is 14.5. The van der Waals surface area contributed by atoms with Gasteiger partial charge in [-0.05, 0) is 48.9 Å². The standard InChI is InChI=1S/C22H26N6O2/c1-22(18-7-6-16-4-2-5-17(16)14-18)19(29)28(21(30)25-22)15-26-10-12-27(13-11-26)20-23-8-3-9-24-20/h3,6-9,14H,2,4-5,10-13,15H2,1H3,(H,25,30)/t22-/m0/s1. The molecule has 156 valence electrons. The fraction of sp³-hybridized carbons (Fsp3) is 0.455. The van der Waals surface area contributed by atoms with Crippen LogP contribution >= 0.6 is 0 Å². The fourth-order valence-electron chi connectivity index (χ4n) is 4.65. The van der Waals surface area contributed by atoms with Crippen LogP contribution in [0.5, 0.6) is 0 Å². The van der Waals surface area contributed by atoms with Gasteiger partial charge >= 0.3 is 6.03 Å². The first kappa shape index (κ1) is 19.0. The summed E-state index contributed by atoms with van der Waals surface area (Å²) in [4.78, 5) is 40.2. The van der Waals surface area contributed by atoms with Gasteiger partial charge in [0.15, 0.2) is 0 Å². The van der Waals surface area contributed by atoms with Gasteiger partial charge in [0, 0.05) is 38.6 Å². The maximum absolute atomic E-state index is 13.3. The van der Waals surface area contributed by atoms with Crippen LogP contribution in [0.3, 0.4) is 0 Å². The Kier molecular flexibility index (Phi) is 4.66. The molecule has 5 rings (SSSR count).